The summed E-state index contributed by atoms with van der Waals surface area (Å²) in [5, 5.41) is 21.0. The van der Waals surface area contributed by atoms with Gasteiger partial charge in [-0.15, -0.1) is 0 Å². The predicted molar refractivity (Wildman–Crippen MR) is 62.0 cm³/mol. The Labute approximate surface area is 96.8 Å². The highest BCUT2D eigenvalue weighted by Gasteiger charge is 2.20. The molecule has 1 aliphatic rings. The Kier molecular flexibility index (Phi) is 5.68. The number of piperidine rings is 1. The summed E-state index contributed by atoms with van der Waals surface area (Å²) in [4.78, 5) is 0. The molecule has 2 atom stereocenters. The molecule has 1 fully saturated rings. The molecule has 16 heavy (non-hydrogen) atoms. The average molecular weight is 251 g/mol. The minimum atomic E-state index is -3.24. The third-order valence-electron chi connectivity index (χ3n) is 2.85. The zero-order chi connectivity index (χ0) is 12.0. The van der Waals surface area contributed by atoms with Crippen molar-refractivity contribution in [3.8, 4) is 0 Å². The van der Waals surface area contributed by atoms with Crippen molar-refractivity contribution in [2.24, 2.45) is 0 Å². The number of nitrogens with one attached hydrogen (secondary N) is 1. The quantitative estimate of drug-likeness (QED) is 0.580. The molecule has 5 nitrogen and oxygen atoms in total. The van der Waals surface area contributed by atoms with Gasteiger partial charge in [0.2, 0.25) is 0 Å². The molecule has 0 aliphatic carbocycles. The van der Waals surface area contributed by atoms with Crippen LogP contribution in [0.1, 0.15) is 25.7 Å². The monoisotopic (exact) mass is 251 g/mol. The van der Waals surface area contributed by atoms with Gasteiger partial charge in [-0.2, -0.15) is 0 Å². The lowest BCUT2D eigenvalue weighted by atomic mass is 10.0. The Morgan fingerprint density at radius 2 is 2.12 bits per heavy atom. The molecule has 0 bridgehead atoms. The van der Waals surface area contributed by atoms with E-state index in [2.05, 4.69) is 5.32 Å². The Bertz CT molecular complexity index is 285. The van der Waals surface area contributed by atoms with Gasteiger partial charge in [0.05, 0.1) is 24.2 Å². The van der Waals surface area contributed by atoms with E-state index >= 15 is 0 Å². The zero-order valence-electron chi connectivity index (χ0n) is 9.43. The second-order valence-electron chi connectivity index (χ2n) is 4.39. The molecule has 96 valence electrons. The standard InChI is InChI=1S/C10H21NO4S/c12-7-10(13)8-16(14,15)6-4-9-3-1-2-5-11-9/h9-13H,1-8H2. The molecular weight excluding hydrogens is 230 g/mol. The van der Waals surface area contributed by atoms with E-state index < -0.39 is 22.5 Å². The molecule has 1 aliphatic heterocycles. The van der Waals surface area contributed by atoms with Gasteiger partial charge in [0.1, 0.15) is 0 Å². The molecule has 0 aromatic heterocycles. The van der Waals surface area contributed by atoms with E-state index in [1.165, 1.54) is 0 Å². The number of hydrogen-bond donors (Lipinski definition) is 3. The molecule has 1 rings (SSSR count). The largest absolute Gasteiger partial charge is 0.394 e. The lowest BCUT2D eigenvalue weighted by Crippen LogP contribution is -2.36. The molecular formula is C10H21NO4S. The SMILES string of the molecule is O=S(=O)(CCC1CCCCN1)CC(O)CO. The highest BCUT2D eigenvalue weighted by molar-refractivity contribution is 7.91. The van der Waals surface area contributed by atoms with E-state index in [-0.39, 0.29) is 17.5 Å². The van der Waals surface area contributed by atoms with Crippen molar-refractivity contribution < 1.29 is 18.6 Å². The Morgan fingerprint density at radius 3 is 2.69 bits per heavy atom. The molecule has 3 N–H and O–H groups in total. The fourth-order valence-electron chi connectivity index (χ4n) is 1.92. The van der Waals surface area contributed by atoms with Gasteiger partial charge in [-0.25, -0.2) is 8.42 Å². The summed E-state index contributed by atoms with van der Waals surface area (Å²) in [5.41, 5.74) is 0. The van der Waals surface area contributed by atoms with Crippen LogP contribution in [0.4, 0.5) is 0 Å². The van der Waals surface area contributed by atoms with Gasteiger partial charge in [0.15, 0.2) is 9.84 Å². The molecule has 0 aromatic carbocycles. The van der Waals surface area contributed by atoms with Gasteiger partial charge in [0, 0.05) is 6.04 Å². The van der Waals surface area contributed by atoms with Gasteiger partial charge in [0.25, 0.3) is 0 Å². The van der Waals surface area contributed by atoms with Gasteiger partial charge in [-0.3, -0.25) is 0 Å². The Morgan fingerprint density at radius 1 is 1.38 bits per heavy atom. The number of aliphatic hydroxyl groups excluding tert-OH is 2. The van der Waals surface area contributed by atoms with Crippen LogP contribution in [0.25, 0.3) is 0 Å². The van der Waals surface area contributed by atoms with Crippen LogP contribution in [0.15, 0.2) is 0 Å². The molecule has 0 radical (unpaired) electrons. The van der Waals surface area contributed by atoms with Gasteiger partial charge in [-0.05, 0) is 25.8 Å². The van der Waals surface area contributed by atoms with Crippen molar-refractivity contribution in [3.05, 3.63) is 0 Å². The van der Waals surface area contributed by atoms with Crippen LogP contribution in [0, 0.1) is 0 Å². The minimum absolute atomic E-state index is 0.0850. The van der Waals surface area contributed by atoms with Gasteiger partial charge in [-0.1, -0.05) is 6.42 Å². The van der Waals surface area contributed by atoms with E-state index in [1.54, 1.807) is 0 Å². The first-order valence-electron chi connectivity index (χ1n) is 5.76. The zero-order valence-corrected chi connectivity index (χ0v) is 10.2. The smallest absolute Gasteiger partial charge is 0.152 e. The summed E-state index contributed by atoms with van der Waals surface area (Å²) in [6.07, 6.45) is 2.78. The number of aliphatic hydroxyl groups is 2. The minimum Gasteiger partial charge on any atom is -0.394 e. The summed E-state index contributed by atoms with van der Waals surface area (Å²) in [7, 11) is -3.24. The maximum absolute atomic E-state index is 11.5. The van der Waals surface area contributed by atoms with Crippen LogP contribution in [-0.4, -0.2) is 55.4 Å². The second-order valence-corrected chi connectivity index (χ2v) is 6.61. The molecule has 0 aromatic rings. The number of hydrogen-bond acceptors (Lipinski definition) is 5. The Balaban J connectivity index is 2.29. The molecule has 0 spiro atoms. The molecule has 1 saturated heterocycles. The van der Waals surface area contributed by atoms with Crippen molar-refractivity contribution in [2.75, 3.05) is 24.7 Å². The maximum atomic E-state index is 11.5. The van der Waals surface area contributed by atoms with Gasteiger partial charge >= 0.3 is 0 Å². The van der Waals surface area contributed by atoms with Gasteiger partial charge < -0.3 is 15.5 Å². The third kappa shape index (κ3) is 5.25. The second kappa shape index (κ2) is 6.54. The molecule has 1 heterocycles. The molecule has 0 amide bonds. The van der Waals surface area contributed by atoms with Crippen molar-refractivity contribution in [2.45, 2.75) is 37.8 Å². The number of rotatable bonds is 6. The van der Waals surface area contributed by atoms with E-state index in [0.29, 0.717) is 6.42 Å². The van der Waals surface area contributed by atoms with Crippen molar-refractivity contribution in [3.63, 3.8) is 0 Å². The van der Waals surface area contributed by atoms with E-state index in [0.717, 1.165) is 25.8 Å². The van der Waals surface area contributed by atoms with Crippen LogP contribution in [-0.2, 0) is 9.84 Å². The first kappa shape index (κ1) is 13.9. The average Bonchev–Trinajstić information content (AvgIpc) is 2.27. The normalized spacial score (nSPS) is 24.2. The summed E-state index contributed by atoms with van der Waals surface area (Å²) in [6.45, 7) is 0.463. The summed E-state index contributed by atoms with van der Waals surface area (Å²) >= 11 is 0. The molecule has 6 heteroatoms. The highest BCUT2D eigenvalue weighted by Crippen LogP contribution is 2.11. The summed E-state index contributed by atoms with van der Waals surface area (Å²) in [6, 6.07) is 0.287. The number of sulfone groups is 1. The maximum Gasteiger partial charge on any atom is 0.152 e. The molecule has 2 unspecified atom stereocenters. The van der Waals surface area contributed by atoms with E-state index in [1.807, 2.05) is 0 Å². The van der Waals surface area contributed by atoms with Crippen LogP contribution in [0.5, 0.6) is 0 Å². The fraction of sp³-hybridized carbons (Fsp3) is 1.00. The van der Waals surface area contributed by atoms with Crippen LogP contribution in [0.3, 0.4) is 0 Å². The third-order valence-corrected chi connectivity index (χ3v) is 4.60. The summed E-state index contributed by atoms with van der Waals surface area (Å²) < 4.78 is 23.1. The lowest BCUT2D eigenvalue weighted by Gasteiger charge is -2.23. The summed E-state index contributed by atoms with van der Waals surface area (Å²) in [5.74, 6) is -0.252. The topological polar surface area (TPSA) is 86.6 Å². The van der Waals surface area contributed by atoms with Crippen molar-refractivity contribution >= 4 is 9.84 Å². The van der Waals surface area contributed by atoms with E-state index in [9.17, 15) is 8.42 Å². The van der Waals surface area contributed by atoms with Crippen LogP contribution >= 0.6 is 0 Å². The fourth-order valence-corrected chi connectivity index (χ4v) is 3.42. The van der Waals surface area contributed by atoms with Crippen LogP contribution in [0.2, 0.25) is 0 Å². The van der Waals surface area contributed by atoms with Crippen LogP contribution < -0.4 is 5.32 Å². The predicted octanol–water partition coefficient (Wildman–Crippen LogP) is -0.713. The first-order chi connectivity index (χ1) is 7.53. The van der Waals surface area contributed by atoms with E-state index in [4.69, 9.17) is 10.2 Å². The highest BCUT2D eigenvalue weighted by atomic mass is 32.2. The van der Waals surface area contributed by atoms with Crippen molar-refractivity contribution in [1.29, 1.82) is 0 Å². The Hall–Kier alpha value is -0.170. The molecule has 0 saturated carbocycles. The van der Waals surface area contributed by atoms with Crippen molar-refractivity contribution in [1.82, 2.24) is 5.32 Å². The lowest BCUT2D eigenvalue weighted by molar-refractivity contribution is 0.112. The first-order valence-corrected chi connectivity index (χ1v) is 7.58.